The number of benzene rings is 2. The number of amides is 2. The van der Waals surface area contributed by atoms with Crippen LogP contribution in [0.3, 0.4) is 0 Å². The highest BCUT2D eigenvalue weighted by Crippen LogP contribution is 2.21. The van der Waals surface area contributed by atoms with Crippen LogP contribution < -0.4 is 32.6 Å². The number of para-hydroxylation sites is 2. The van der Waals surface area contributed by atoms with Crippen molar-refractivity contribution < 1.29 is 28.6 Å². The standard InChI is InChI=1S/C12H17NO4.C8H11N5O2.C7H8.C2H6/c1-8(2)15-12(14)17-9(3)16-11-7-5-4-6-10(11)13;9-5-1-2-6(13-8(5)10)12-7(15)3-11-4-14;1-7-5-3-2-4-6-7;1-2/h4-9H,13H2,1-3H3;1-2,4H,3,9H2,(H,11,14)(H3,10,12,13,15);2-6H,1H3;1-2H3. The van der Waals surface area contributed by atoms with Crippen LogP contribution in [0.25, 0.3) is 0 Å². The van der Waals surface area contributed by atoms with Gasteiger partial charge in [-0.25, -0.2) is 9.78 Å². The number of hydrogen-bond donors (Lipinski definition) is 5. The van der Waals surface area contributed by atoms with E-state index >= 15 is 0 Å². The minimum atomic E-state index is -0.762. The van der Waals surface area contributed by atoms with E-state index in [1.807, 2.05) is 32.0 Å². The van der Waals surface area contributed by atoms with Gasteiger partial charge in [0.15, 0.2) is 0 Å². The molecule has 12 heteroatoms. The summed E-state index contributed by atoms with van der Waals surface area (Å²) in [5.74, 6) is 0.520. The van der Waals surface area contributed by atoms with Gasteiger partial charge in [0.05, 0.1) is 24.0 Å². The van der Waals surface area contributed by atoms with Gasteiger partial charge in [0, 0.05) is 6.92 Å². The molecule has 1 aromatic heterocycles. The van der Waals surface area contributed by atoms with E-state index in [1.165, 1.54) is 17.7 Å². The van der Waals surface area contributed by atoms with Gasteiger partial charge in [-0.3, -0.25) is 9.59 Å². The zero-order valence-electron chi connectivity index (χ0n) is 24.4. The summed E-state index contributed by atoms with van der Waals surface area (Å²) in [6, 6.07) is 20.3. The Labute approximate surface area is 241 Å². The first-order chi connectivity index (χ1) is 19.5. The number of ether oxygens (including phenoxy) is 3. The van der Waals surface area contributed by atoms with Crippen LogP contribution >= 0.6 is 0 Å². The number of aromatic nitrogens is 1. The molecule has 0 radical (unpaired) electrons. The second-order valence-corrected chi connectivity index (χ2v) is 8.13. The fraction of sp³-hybridized carbons (Fsp3) is 0.310. The van der Waals surface area contributed by atoms with E-state index in [1.54, 1.807) is 45.0 Å². The SMILES string of the molecule is CC.CC(C)OC(=O)OC(C)Oc1ccccc1N.Cc1ccccc1.Nc1ccc(NC(=O)CNC=O)nc1N. The fourth-order valence-corrected chi connectivity index (χ4v) is 2.56. The molecule has 2 aromatic carbocycles. The predicted octanol–water partition coefficient (Wildman–Crippen LogP) is 4.51. The molecule has 224 valence electrons. The lowest BCUT2D eigenvalue weighted by Gasteiger charge is -2.17. The van der Waals surface area contributed by atoms with Crippen LogP contribution in [-0.2, 0) is 19.1 Å². The predicted molar refractivity (Wildman–Crippen MR) is 162 cm³/mol. The highest BCUT2D eigenvalue weighted by atomic mass is 16.8. The van der Waals surface area contributed by atoms with E-state index in [0.717, 1.165) is 0 Å². The third-order valence-electron chi connectivity index (χ3n) is 4.32. The van der Waals surface area contributed by atoms with Crippen molar-refractivity contribution >= 4 is 41.5 Å². The summed E-state index contributed by atoms with van der Waals surface area (Å²) < 4.78 is 15.0. The van der Waals surface area contributed by atoms with Crippen LogP contribution in [0, 0.1) is 6.92 Å². The van der Waals surface area contributed by atoms with Gasteiger partial charge in [-0.1, -0.05) is 61.9 Å². The highest BCUT2D eigenvalue weighted by molar-refractivity contribution is 5.92. The Bertz CT molecular complexity index is 1180. The summed E-state index contributed by atoms with van der Waals surface area (Å²) in [6.45, 7) is 11.0. The van der Waals surface area contributed by atoms with E-state index in [2.05, 4.69) is 34.7 Å². The van der Waals surface area contributed by atoms with Crippen molar-refractivity contribution in [1.29, 1.82) is 0 Å². The molecular weight excluding hydrogens is 528 g/mol. The molecule has 3 aromatic rings. The van der Waals surface area contributed by atoms with Crippen molar-refractivity contribution in [1.82, 2.24) is 10.3 Å². The maximum atomic E-state index is 11.2. The number of nitrogens with two attached hydrogens (primary N) is 3. The first-order valence-electron chi connectivity index (χ1n) is 12.9. The molecule has 0 aliphatic carbocycles. The van der Waals surface area contributed by atoms with Crippen molar-refractivity contribution in [2.45, 2.75) is 53.9 Å². The molecule has 8 N–H and O–H groups in total. The Balaban J connectivity index is 0.000000607. The molecule has 0 saturated heterocycles. The molecule has 1 atom stereocenters. The average Bonchev–Trinajstić information content (AvgIpc) is 2.92. The molecule has 12 nitrogen and oxygen atoms in total. The normalized spacial score (nSPS) is 10.0. The third-order valence-corrected chi connectivity index (χ3v) is 4.32. The summed E-state index contributed by atoms with van der Waals surface area (Å²) >= 11 is 0. The molecule has 0 spiro atoms. The van der Waals surface area contributed by atoms with Gasteiger partial charge in [-0.2, -0.15) is 0 Å². The molecule has 1 heterocycles. The summed E-state index contributed by atoms with van der Waals surface area (Å²) in [6.07, 6.45) is -1.31. The summed E-state index contributed by atoms with van der Waals surface area (Å²) in [5, 5.41) is 4.66. The number of nitrogens with one attached hydrogen (secondary N) is 2. The van der Waals surface area contributed by atoms with E-state index in [-0.39, 0.29) is 18.5 Å². The number of nitrogens with zero attached hydrogens (tertiary/aromatic N) is 1. The Hall–Kier alpha value is -5.00. The van der Waals surface area contributed by atoms with Gasteiger partial charge in [0.1, 0.15) is 17.4 Å². The Kier molecular flexibility index (Phi) is 18.4. The molecule has 1 unspecified atom stereocenters. The highest BCUT2D eigenvalue weighted by Gasteiger charge is 2.14. The number of aryl methyl sites for hydroxylation is 1. The van der Waals surface area contributed by atoms with Crippen LogP contribution in [-0.4, -0.2) is 42.4 Å². The van der Waals surface area contributed by atoms with Gasteiger partial charge >= 0.3 is 6.16 Å². The molecule has 0 fully saturated rings. The minimum Gasteiger partial charge on any atom is -0.453 e. The van der Waals surface area contributed by atoms with Gasteiger partial charge in [-0.05, 0) is 45.0 Å². The quantitative estimate of drug-likeness (QED) is 0.111. The lowest BCUT2D eigenvalue weighted by Crippen LogP contribution is -2.27. The number of carbonyl (C=O) groups is 3. The molecule has 0 aliphatic heterocycles. The summed E-state index contributed by atoms with van der Waals surface area (Å²) in [7, 11) is 0. The number of hydrogen-bond acceptors (Lipinski definition) is 10. The van der Waals surface area contributed by atoms with E-state index < -0.39 is 18.4 Å². The number of rotatable bonds is 8. The van der Waals surface area contributed by atoms with E-state index in [9.17, 15) is 14.4 Å². The van der Waals surface area contributed by atoms with Crippen molar-refractivity contribution in [2.24, 2.45) is 0 Å². The topological polar surface area (TPSA) is 194 Å². The Morgan fingerprint density at radius 3 is 2.00 bits per heavy atom. The van der Waals surface area contributed by atoms with Gasteiger partial charge < -0.3 is 42.0 Å². The lowest BCUT2D eigenvalue weighted by molar-refractivity contribution is -0.118. The summed E-state index contributed by atoms with van der Waals surface area (Å²) in [4.78, 5) is 36.0. The van der Waals surface area contributed by atoms with Crippen molar-refractivity contribution in [3.63, 3.8) is 0 Å². The second kappa shape index (κ2) is 20.9. The van der Waals surface area contributed by atoms with Gasteiger partial charge in [-0.15, -0.1) is 0 Å². The van der Waals surface area contributed by atoms with Crippen molar-refractivity contribution in [3.05, 3.63) is 72.3 Å². The minimum absolute atomic E-state index is 0.116. The van der Waals surface area contributed by atoms with Crippen LogP contribution in [0.5, 0.6) is 5.75 Å². The van der Waals surface area contributed by atoms with Crippen LogP contribution in [0.4, 0.5) is 27.8 Å². The zero-order valence-corrected chi connectivity index (χ0v) is 24.4. The number of nitrogen functional groups attached to an aromatic ring is 3. The van der Waals surface area contributed by atoms with Crippen molar-refractivity contribution in [3.8, 4) is 5.75 Å². The third kappa shape index (κ3) is 17.3. The fourth-order valence-electron chi connectivity index (χ4n) is 2.56. The molecule has 3 rings (SSSR count). The maximum absolute atomic E-state index is 11.2. The summed E-state index contributed by atoms with van der Waals surface area (Å²) in [5.41, 5.74) is 18.7. The molecule has 0 bridgehead atoms. The molecule has 0 aliphatic rings. The number of pyridine rings is 1. The number of anilines is 4. The zero-order chi connectivity index (χ0) is 31.2. The molecule has 2 amide bonds. The second-order valence-electron chi connectivity index (χ2n) is 8.13. The lowest BCUT2D eigenvalue weighted by atomic mass is 10.2. The van der Waals surface area contributed by atoms with E-state index in [0.29, 0.717) is 29.4 Å². The van der Waals surface area contributed by atoms with Gasteiger partial charge in [0.2, 0.25) is 18.6 Å². The van der Waals surface area contributed by atoms with Crippen molar-refractivity contribution in [2.75, 3.05) is 29.1 Å². The number of carbonyl (C=O) groups excluding carboxylic acids is 3. The molecular formula is C29H42N6O6. The van der Waals surface area contributed by atoms with Crippen LogP contribution in [0.1, 0.15) is 40.2 Å². The first kappa shape index (κ1) is 36.0. The first-order valence-corrected chi connectivity index (χ1v) is 12.9. The van der Waals surface area contributed by atoms with Crippen LogP contribution in [0.2, 0.25) is 0 Å². The maximum Gasteiger partial charge on any atom is 0.511 e. The monoisotopic (exact) mass is 570 g/mol. The Morgan fingerprint density at radius 1 is 0.878 bits per heavy atom. The molecule has 41 heavy (non-hydrogen) atoms. The van der Waals surface area contributed by atoms with Crippen LogP contribution in [0.15, 0.2) is 66.7 Å². The molecule has 0 saturated carbocycles. The smallest absolute Gasteiger partial charge is 0.453 e. The van der Waals surface area contributed by atoms with E-state index in [4.69, 9.17) is 31.4 Å². The van der Waals surface area contributed by atoms with Gasteiger partial charge in [0.25, 0.3) is 0 Å². The largest absolute Gasteiger partial charge is 0.511 e. The average molecular weight is 571 g/mol. The Morgan fingerprint density at radius 2 is 1.49 bits per heavy atom.